The Bertz CT molecular complexity index is 818. The molecule has 0 saturated heterocycles. The van der Waals surface area contributed by atoms with Crippen molar-refractivity contribution < 1.29 is 27.1 Å². The SMILES string of the molecule is CC1(C)[C@@H](C(=O)Nc2cc(F)ccc2OC(F)(F)F)[C@@H]1c1ccccc1. The van der Waals surface area contributed by atoms with Crippen LogP contribution in [0, 0.1) is 17.2 Å². The quantitative estimate of drug-likeness (QED) is 0.764. The topological polar surface area (TPSA) is 38.3 Å². The van der Waals surface area contributed by atoms with Crippen LogP contribution in [0.15, 0.2) is 48.5 Å². The van der Waals surface area contributed by atoms with Crippen LogP contribution in [0.1, 0.15) is 25.3 Å². The van der Waals surface area contributed by atoms with Crippen LogP contribution in [0.3, 0.4) is 0 Å². The molecule has 1 saturated carbocycles. The van der Waals surface area contributed by atoms with E-state index in [1.54, 1.807) is 0 Å². The minimum absolute atomic E-state index is 0.0655. The van der Waals surface area contributed by atoms with Gasteiger partial charge in [-0.3, -0.25) is 4.79 Å². The number of benzene rings is 2. The molecule has 2 aromatic rings. The molecule has 0 aromatic heterocycles. The van der Waals surface area contributed by atoms with Gasteiger partial charge in [0.25, 0.3) is 0 Å². The molecule has 138 valence electrons. The molecule has 1 aliphatic carbocycles. The third-order valence-corrected chi connectivity index (χ3v) is 4.69. The Kier molecular flexibility index (Phi) is 4.42. The van der Waals surface area contributed by atoms with Crippen LogP contribution in [-0.2, 0) is 4.79 Å². The molecule has 1 fully saturated rings. The summed E-state index contributed by atoms with van der Waals surface area (Å²) in [6, 6.07) is 11.9. The monoisotopic (exact) mass is 367 g/mol. The number of anilines is 1. The van der Waals surface area contributed by atoms with Gasteiger partial charge in [0.15, 0.2) is 5.75 Å². The van der Waals surface area contributed by atoms with Gasteiger partial charge in [0.1, 0.15) is 5.82 Å². The first kappa shape index (κ1) is 18.2. The largest absolute Gasteiger partial charge is 0.573 e. The normalized spacial score (nSPS) is 21.2. The van der Waals surface area contributed by atoms with E-state index in [9.17, 15) is 22.4 Å². The predicted molar refractivity (Wildman–Crippen MR) is 88.2 cm³/mol. The second kappa shape index (κ2) is 6.30. The van der Waals surface area contributed by atoms with E-state index in [4.69, 9.17) is 0 Å². The van der Waals surface area contributed by atoms with Crippen molar-refractivity contribution in [2.24, 2.45) is 11.3 Å². The van der Waals surface area contributed by atoms with E-state index in [0.29, 0.717) is 0 Å². The molecule has 0 heterocycles. The highest BCUT2D eigenvalue weighted by Gasteiger charge is 2.62. The van der Waals surface area contributed by atoms with Crippen molar-refractivity contribution in [1.29, 1.82) is 0 Å². The van der Waals surface area contributed by atoms with Crippen LogP contribution in [0.2, 0.25) is 0 Å². The first-order valence-corrected chi connectivity index (χ1v) is 8.01. The lowest BCUT2D eigenvalue weighted by molar-refractivity contribution is -0.274. The van der Waals surface area contributed by atoms with Crippen LogP contribution in [0.25, 0.3) is 0 Å². The molecule has 1 N–H and O–H groups in total. The van der Waals surface area contributed by atoms with Gasteiger partial charge in [-0.25, -0.2) is 4.39 Å². The molecule has 0 spiro atoms. The summed E-state index contributed by atoms with van der Waals surface area (Å²) in [7, 11) is 0. The van der Waals surface area contributed by atoms with E-state index in [1.807, 2.05) is 44.2 Å². The molecule has 0 unspecified atom stereocenters. The number of carbonyl (C=O) groups excluding carboxylic acids is 1. The molecule has 0 bridgehead atoms. The lowest BCUT2D eigenvalue weighted by Crippen LogP contribution is -2.21. The second-order valence-electron chi connectivity index (χ2n) is 6.86. The number of alkyl halides is 3. The molecule has 3 nitrogen and oxygen atoms in total. The number of halogens is 4. The van der Waals surface area contributed by atoms with Crippen molar-refractivity contribution >= 4 is 11.6 Å². The summed E-state index contributed by atoms with van der Waals surface area (Å²) in [6.07, 6.45) is -4.94. The Morgan fingerprint density at radius 2 is 1.77 bits per heavy atom. The molecule has 0 radical (unpaired) electrons. The van der Waals surface area contributed by atoms with E-state index in [1.165, 1.54) is 0 Å². The molecule has 0 aliphatic heterocycles. The molecule has 2 aromatic carbocycles. The summed E-state index contributed by atoms with van der Waals surface area (Å²) >= 11 is 0. The molecule has 1 amide bonds. The van der Waals surface area contributed by atoms with E-state index in [-0.39, 0.29) is 17.0 Å². The van der Waals surface area contributed by atoms with Gasteiger partial charge in [0, 0.05) is 12.0 Å². The number of carbonyl (C=O) groups is 1. The Labute approximate surface area is 148 Å². The summed E-state index contributed by atoms with van der Waals surface area (Å²) in [5, 5.41) is 2.39. The highest BCUT2D eigenvalue weighted by molar-refractivity contribution is 5.97. The summed E-state index contributed by atoms with van der Waals surface area (Å²) in [5.41, 5.74) is 0.273. The maximum atomic E-state index is 13.5. The number of rotatable bonds is 4. The fourth-order valence-corrected chi connectivity index (χ4v) is 3.43. The van der Waals surface area contributed by atoms with E-state index in [0.717, 1.165) is 23.8 Å². The van der Waals surface area contributed by atoms with Crippen LogP contribution in [0.4, 0.5) is 23.2 Å². The smallest absolute Gasteiger partial charge is 0.404 e. The van der Waals surface area contributed by atoms with Gasteiger partial charge in [-0.1, -0.05) is 44.2 Å². The van der Waals surface area contributed by atoms with E-state index < -0.39 is 29.8 Å². The van der Waals surface area contributed by atoms with E-state index in [2.05, 4.69) is 10.1 Å². The highest BCUT2D eigenvalue weighted by atomic mass is 19.4. The van der Waals surface area contributed by atoms with Gasteiger partial charge in [-0.15, -0.1) is 13.2 Å². The van der Waals surface area contributed by atoms with Crippen LogP contribution >= 0.6 is 0 Å². The Morgan fingerprint density at radius 1 is 1.12 bits per heavy atom. The Balaban J connectivity index is 1.82. The molecule has 2 atom stereocenters. The molecule has 1 aliphatic rings. The summed E-state index contributed by atoms with van der Waals surface area (Å²) in [6.45, 7) is 3.82. The van der Waals surface area contributed by atoms with Gasteiger partial charge < -0.3 is 10.1 Å². The number of hydrogen-bond donors (Lipinski definition) is 1. The zero-order valence-electron chi connectivity index (χ0n) is 14.1. The fraction of sp³-hybridized carbons (Fsp3) is 0.316. The zero-order valence-corrected chi connectivity index (χ0v) is 14.1. The average molecular weight is 367 g/mol. The Hall–Kier alpha value is -2.57. The van der Waals surface area contributed by atoms with Crippen LogP contribution < -0.4 is 10.1 Å². The van der Waals surface area contributed by atoms with Gasteiger partial charge in [-0.05, 0) is 23.1 Å². The lowest BCUT2D eigenvalue weighted by Gasteiger charge is -2.14. The molecule has 26 heavy (non-hydrogen) atoms. The van der Waals surface area contributed by atoms with Gasteiger partial charge in [-0.2, -0.15) is 0 Å². The number of ether oxygens (including phenoxy) is 1. The molecular formula is C19H17F4NO2. The van der Waals surface area contributed by atoms with Gasteiger partial charge in [0.05, 0.1) is 11.6 Å². The summed E-state index contributed by atoms with van der Waals surface area (Å²) in [5.74, 6) is -2.40. The lowest BCUT2D eigenvalue weighted by atomic mass is 10.0. The van der Waals surface area contributed by atoms with Crippen molar-refractivity contribution in [2.45, 2.75) is 26.1 Å². The summed E-state index contributed by atoms with van der Waals surface area (Å²) in [4.78, 5) is 12.6. The van der Waals surface area contributed by atoms with E-state index >= 15 is 0 Å². The van der Waals surface area contributed by atoms with Crippen LogP contribution in [-0.4, -0.2) is 12.3 Å². The minimum Gasteiger partial charge on any atom is -0.404 e. The maximum absolute atomic E-state index is 13.5. The van der Waals surface area contributed by atoms with Gasteiger partial charge >= 0.3 is 6.36 Å². The van der Waals surface area contributed by atoms with Crippen molar-refractivity contribution in [3.05, 3.63) is 59.9 Å². The molecular weight excluding hydrogens is 350 g/mol. The van der Waals surface area contributed by atoms with Crippen molar-refractivity contribution in [2.75, 3.05) is 5.32 Å². The zero-order chi connectivity index (χ0) is 19.1. The average Bonchev–Trinajstić information content (AvgIpc) is 3.12. The third kappa shape index (κ3) is 3.66. The first-order valence-electron chi connectivity index (χ1n) is 8.01. The molecule has 7 heteroatoms. The maximum Gasteiger partial charge on any atom is 0.573 e. The second-order valence-corrected chi connectivity index (χ2v) is 6.86. The number of amides is 1. The Morgan fingerprint density at radius 3 is 2.38 bits per heavy atom. The highest BCUT2D eigenvalue weighted by Crippen LogP contribution is 2.64. The predicted octanol–water partition coefficient (Wildman–Crippen LogP) is 5.10. The van der Waals surface area contributed by atoms with Crippen molar-refractivity contribution in [3.63, 3.8) is 0 Å². The number of hydrogen-bond acceptors (Lipinski definition) is 2. The summed E-state index contributed by atoms with van der Waals surface area (Å²) < 4.78 is 54.8. The van der Waals surface area contributed by atoms with Crippen molar-refractivity contribution in [3.8, 4) is 5.75 Å². The first-order chi connectivity index (χ1) is 12.1. The minimum atomic E-state index is -4.94. The standard InChI is InChI=1S/C19H17F4NO2/c1-18(2)15(11-6-4-3-5-7-11)16(18)17(25)24-13-10-12(20)8-9-14(13)26-19(21,22)23/h3-10,15-16H,1-2H3,(H,24,25)/t15-,16+/m0/s1. The number of nitrogens with one attached hydrogen (secondary N) is 1. The third-order valence-electron chi connectivity index (χ3n) is 4.69. The van der Waals surface area contributed by atoms with Crippen LogP contribution in [0.5, 0.6) is 5.75 Å². The van der Waals surface area contributed by atoms with Gasteiger partial charge in [0.2, 0.25) is 5.91 Å². The van der Waals surface area contributed by atoms with Crippen molar-refractivity contribution in [1.82, 2.24) is 0 Å². The fourth-order valence-electron chi connectivity index (χ4n) is 3.43. The molecule has 3 rings (SSSR count).